The van der Waals surface area contributed by atoms with Crippen molar-refractivity contribution in [1.29, 1.82) is 0 Å². The SMILES string of the molecule is Cc1cccc(C(=O)Nc2ccc(-c3nc4cc(C(C)(C)C)ccc4o3)cc2)c1. The van der Waals surface area contributed by atoms with E-state index in [1.807, 2.05) is 55.5 Å². The van der Waals surface area contributed by atoms with Crippen LogP contribution in [0.15, 0.2) is 71.1 Å². The van der Waals surface area contributed by atoms with E-state index in [4.69, 9.17) is 4.42 Å². The van der Waals surface area contributed by atoms with Crippen molar-refractivity contribution in [2.75, 3.05) is 5.32 Å². The molecule has 3 aromatic carbocycles. The van der Waals surface area contributed by atoms with Gasteiger partial charge in [-0.15, -0.1) is 0 Å². The van der Waals surface area contributed by atoms with E-state index in [2.05, 4.69) is 43.2 Å². The second-order valence-electron chi connectivity index (χ2n) is 8.35. The van der Waals surface area contributed by atoms with E-state index < -0.39 is 0 Å². The fraction of sp³-hybridized carbons (Fsp3) is 0.200. The maximum Gasteiger partial charge on any atom is 0.255 e. The molecule has 0 aliphatic carbocycles. The van der Waals surface area contributed by atoms with Gasteiger partial charge in [0.2, 0.25) is 5.89 Å². The standard InChI is InChI=1S/C25H24N2O2/c1-16-6-5-7-18(14-16)23(28)26-20-11-8-17(9-12-20)24-27-21-15-19(25(2,3)4)10-13-22(21)29-24/h5-15H,1-4H3,(H,26,28). The van der Waals surface area contributed by atoms with Gasteiger partial charge in [0, 0.05) is 16.8 Å². The van der Waals surface area contributed by atoms with Crippen LogP contribution in [0.2, 0.25) is 0 Å². The molecule has 1 aromatic heterocycles. The van der Waals surface area contributed by atoms with Gasteiger partial charge < -0.3 is 9.73 Å². The lowest BCUT2D eigenvalue weighted by molar-refractivity contribution is 0.102. The third-order valence-corrected chi connectivity index (χ3v) is 4.92. The van der Waals surface area contributed by atoms with Crippen molar-refractivity contribution in [2.24, 2.45) is 0 Å². The summed E-state index contributed by atoms with van der Waals surface area (Å²) < 4.78 is 5.93. The van der Waals surface area contributed by atoms with Crippen molar-refractivity contribution in [1.82, 2.24) is 4.98 Å². The monoisotopic (exact) mass is 384 g/mol. The first-order chi connectivity index (χ1) is 13.8. The lowest BCUT2D eigenvalue weighted by atomic mass is 9.87. The van der Waals surface area contributed by atoms with Gasteiger partial charge in [0.15, 0.2) is 5.58 Å². The highest BCUT2D eigenvalue weighted by atomic mass is 16.3. The number of oxazole rings is 1. The molecule has 0 saturated carbocycles. The van der Waals surface area contributed by atoms with Crippen molar-refractivity contribution >= 4 is 22.7 Å². The normalized spacial score (nSPS) is 11.6. The van der Waals surface area contributed by atoms with Crippen LogP contribution in [0.3, 0.4) is 0 Å². The number of hydrogen-bond donors (Lipinski definition) is 1. The van der Waals surface area contributed by atoms with E-state index >= 15 is 0 Å². The van der Waals surface area contributed by atoms with Crippen LogP contribution < -0.4 is 5.32 Å². The molecule has 1 heterocycles. The Kier molecular flexibility index (Phi) is 4.71. The zero-order valence-electron chi connectivity index (χ0n) is 17.1. The van der Waals surface area contributed by atoms with Crippen LogP contribution >= 0.6 is 0 Å². The van der Waals surface area contributed by atoms with Crippen molar-refractivity contribution < 1.29 is 9.21 Å². The molecule has 0 fully saturated rings. The highest BCUT2D eigenvalue weighted by molar-refractivity contribution is 6.04. The molecule has 0 aliphatic heterocycles. The topological polar surface area (TPSA) is 55.1 Å². The highest BCUT2D eigenvalue weighted by Crippen LogP contribution is 2.29. The second-order valence-corrected chi connectivity index (χ2v) is 8.35. The van der Waals surface area contributed by atoms with Gasteiger partial charge in [-0.3, -0.25) is 4.79 Å². The lowest BCUT2D eigenvalue weighted by Crippen LogP contribution is -2.11. The smallest absolute Gasteiger partial charge is 0.255 e. The van der Waals surface area contributed by atoms with E-state index in [1.165, 1.54) is 5.56 Å². The molecule has 0 radical (unpaired) electrons. The zero-order valence-corrected chi connectivity index (χ0v) is 17.1. The van der Waals surface area contributed by atoms with Gasteiger partial charge in [0.25, 0.3) is 5.91 Å². The van der Waals surface area contributed by atoms with Gasteiger partial charge in [-0.05, 0) is 66.4 Å². The minimum absolute atomic E-state index is 0.0600. The van der Waals surface area contributed by atoms with Crippen molar-refractivity contribution in [3.63, 3.8) is 0 Å². The van der Waals surface area contributed by atoms with Crippen molar-refractivity contribution in [3.05, 3.63) is 83.4 Å². The fourth-order valence-corrected chi connectivity index (χ4v) is 3.20. The second kappa shape index (κ2) is 7.21. The van der Waals surface area contributed by atoms with Crippen LogP contribution in [0.4, 0.5) is 5.69 Å². The molecule has 4 aromatic rings. The summed E-state index contributed by atoms with van der Waals surface area (Å²) in [6.45, 7) is 8.51. The highest BCUT2D eigenvalue weighted by Gasteiger charge is 2.16. The number of hydrogen-bond acceptors (Lipinski definition) is 3. The molecule has 146 valence electrons. The Morgan fingerprint density at radius 3 is 2.41 bits per heavy atom. The van der Waals surface area contributed by atoms with Crippen LogP contribution in [-0.2, 0) is 5.41 Å². The average molecular weight is 384 g/mol. The summed E-state index contributed by atoms with van der Waals surface area (Å²) in [6.07, 6.45) is 0. The Morgan fingerprint density at radius 1 is 0.966 bits per heavy atom. The number of benzene rings is 3. The molecule has 1 amide bonds. The Hall–Kier alpha value is -3.40. The largest absolute Gasteiger partial charge is 0.436 e. The summed E-state index contributed by atoms with van der Waals surface area (Å²) >= 11 is 0. The Morgan fingerprint density at radius 2 is 1.72 bits per heavy atom. The predicted octanol–water partition coefficient (Wildman–Crippen LogP) is 6.35. The summed E-state index contributed by atoms with van der Waals surface area (Å²) in [7, 11) is 0. The molecule has 0 spiro atoms. The number of carbonyl (C=O) groups excluding carboxylic acids is 1. The number of rotatable bonds is 3. The van der Waals surface area contributed by atoms with Crippen LogP contribution in [-0.4, -0.2) is 10.9 Å². The summed E-state index contributed by atoms with van der Waals surface area (Å²) in [5, 5.41) is 2.92. The van der Waals surface area contributed by atoms with Crippen LogP contribution in [0.1, 0.15) is 42.3 Å². The zero-order chi connectivity index (χ0) is 20.6. The molecular weight excluding hydrogens is 360 g/mol. The number of nitrogens with one attached hydrogen (secondary N) is 1. The number of aryl methyl sites for hydroxylation is 1. The van der Waals surface area contributed by atoms with E-state index in [0.717, 1.165) is 27.9 Å². The number of amides is 1. The van der Waals surface area contributed by atoms with E-state index in [1.54, 1.807) is 6.07 Å². The molecule has 0 aliphatic rings. The van der Waals surface area contributed by atoms with Crippen LogP contribution in [0, 0.1) is 6.92 Å². The first kappa shape index (κ1) is 18.9. The number of carbonyl (C=O) groups is 1. The Bertz CT molecular complexity index is 1180. The summed E-state index contributed by atoms with van der Waals surface area (Å²) in [5.74, 6) is 0.445. The van der Waals surface area contributed by atoms with E-state index in [0.29, 0.717) is 11.5 Å². The quantitative estimate of drug-likeness (QED) is 0.447. The molecule has 4 rings (SSSR count). The Labute approximate surface area is 170 Å². The van der Waals surface area contributed by atoms with Crippen LogP contribution in [0.25, 0.3) is 22.6 Å². The maximum absolute atomic E-state index is 12.4. The van der Waals surface area contributed by atoms with Gasteiger partial charge in [0.1, 0.15) is 5.52 Å². The predicted molar refractivity (Wildman–Crippen MR) is 117 cm³/mol. The molecule has 0 saturated heterocycles. The molecule has 4 nitrogen and oxygen atoms in total. The number of aromatic nitrogens is 1. The molecule has 4 heteroatoms. The van der Waals surface area contributed by atoms with Crippen molar-refractivity contribution in [3.8, 4) is 11.5 Å². The van der Waals surface area contributed by atoms with Gasteiger partial charge in [-0.25, -0.2) is 4.98 Å². The number of nitrogens with zero attached hydrogens (tertiary/aromatic N) is 1. The van der Waals surface area contributed by atoms with Gasteiger partial charge in [-0.1, -0.05) is 44.5 Å². The molecular formula is C25H24N2O2. The molecule has 0 bridgehead atoms. The summed E-state index contributed by atoms with van der Waals surface area (Å²) in [5.41, 5.74) is 6.19. The maximum atomic E-state index is 12.4. The van der Waals surface area contributed by atoms with Gasteiger partial charge in [-0.2, -0.15) is 0 Å². The molecule has 0 unspecified atom stereocenters. The van der Waals surface area contributed by atoms with Gasteiger partial charge >= 0.3 is 0 Å². The molecule has 1 N–H and O–H groups in total. The number of fused-ring (bicyclic) bond motifs is 1. The Balaban J connectivity index is 1.55. The number of anilines is 1. The average Bonchev–Trinajstić information content (AvgIpc) is 3.11. The minimum atomic E-state index is -0.127. The fourth-order valence-electron chi connectivity index (χ4n) is 3.20. The molecule has 0 atom stereocenters. The van der Waals surface area contributed by atoms with Crippen molar-refractivity contribution in [2.45, 2.75) is 33.1 Å². The van der Waals surface area contributed by atoms with Gasteiger partial charge in [0.05, 0.1) is 0 Å². The first-order valence-electron chi connectivity index (χ1n) is 9.69. The van der Waals surface area contributed by atoms with E-state index in [-0.39, 0.29) is 11.3 Å². The third-order valence-electron chi connectivity index (χ3n) is 4.92. The summed E-state index contributed by atoms with van der Waals surface area (Å²) in [6, 6.07) is 21.2. The lowest BCUT2D eigenvalue weighted by Gasteiger charge is -2.18. The minimum Gasteiger partial charge on any atom is -0.436 e. The first-order valence-corrected chi connectivity index (χ1v) is 9.69. The summed E-state index contributed by atoms with van der Waals surface area (Å²) in [4.78, 5) is 17.1. The molecule has 29 heavy (non-hydrogen) atoms. The third kappa shape index (κ3) is 4.06. The van der Waals surface area contributed by atoms with Crippen LogP contribution in [0.5, 0.6) is 0 Å². The van der Waals surface area contributed by atoms with E-state index in [9.17, 15) is 4.79 Å².